The van der Waals surface area contributed by atoms with Crippen LogP contribution in [0.4, 0.5) is 0 Å². The number of carbonyl (C=O) groups is 1. The van der Waals surface area contributed by atoms with E-state index in [1.807, 2.05) is 26.0 Å². The SMILES string of the molecule is Cc1cc(C)cc(-n2nnnc2SCC(=O)N[C@@H](C)C2CC2)c1. The van der Waals surface area contributed by atoms with Crippen molar-refractivity contribution in [1.82, 2.24) is 25.5 Å². The summed E-state index contributed by atoms with van der Waals surface area (Å²) in [6.07, 6.45) is 2.44. The number of amides is 1. The lowest BCUT2D eigenvalue weighted by Crippen LogP contribution is -2.35. The van der Waals surface area contributed by atoms with Crippen LogP contribution in [-0.2, 0) is 4.79 Å². The van der Waals surface area contributed by atoms with Crippen molar-refractivity contribution in [1.29, 1.82) is 0 Å². The zero-order chi connectivity index (χ0) is 16.4. The van der Waals surface area contributed by atoms with E-state index < -0.39 is 0 Å². The third-order valence-corrected chi connectivity index (χ3v) is 4.86. The summed E-state index contributed by atoms with van der Waals surface area (Å²) in [5.41, 5.74) is 3.23. The summed E-state index contributed by atoms with van der Waals surface area (Å²) < 4.78 is 1.68. The Morgan fingerprint density at radius 3 is 2.70 bits per heavy atom. The molecule has 0 radical (unpaired) electrons. The Kier molecular flexibility index (Phi) is 4.66. The summed E-state index contributed by atoms with van der Waals surface area (Å²) in [5.74, 6) is 1.01. The molecule has 3 rings (SSSR count). The van der Waals surface area contributed by atoms with Crippen LogP contribution in [0.5, 0.6) is 0 Å². The summed E-state index contributed by atoms with van der Waals surface area (Å²) in [6.45, 7) is 6.15. The molecule has 0 bridgehead atoms. The van der Waals surface area contributed by atoms with Crippen molar-refractivity contribution in [2.75, 3.05) is 5.75 Å². The molecule has 1 aromatic carbocycles. The molecule has 1 saturated carbocycles. The summed E-state index contributed by atoms with van der Waals surface area (Å²) in [5, 5.41) is 15.5. The third-order valence-electron chi connectivity index (χ3n) is 3.94. The molecule has 1 atom stereocenters. The molecule has 1 amide bonds. The number of benzene rings is 1. The molecule has 23 heavy (non-hydrogen) atoms. The normalized spacial score (nSPS) is 15.4. The standard InChI is InChI=1S/C16H21N5OS/c1-10-6-11(2)8-14(7-10)21-16(18-19-20-21)23-9-15(22)17-12(3)13-4-5-13/h6-8,12-13H,4-5,9H2,1-3H3,(H,17,22)/t12-/m0/s1. The minimum absolute atomic E-state index is 0.0318. The summed E-state index contributed by atoms with van der Waals surface area (Å²) in [7, 11) is 0. The molecule has 122 valence electrons. The first kappa shape index (κ1) is 16.0. The predicted molar refractivity (Wildman–Crippen MR) is 89.7 cm³/mol. The number of tetrazole rings is 1. The van der Waals surface area contributed by atoms with E-state index in [1.165, 1.54) is 24.6 Å². The lowest BCUT2D eigenvalue weighted by molar-refractivity contribution is -0.119. The number of carbonyl (C=O) groups excluding carboxylic acids is 1. The fraction of sp³-hybridized carbons (Fsp3) is 0.500. The van der Waals surface area contributed by atoms with E-state index in [4.69, 9.17) is 0 Å². The smallest absolute Gasteiger partial charge is 0.230 e. The minimum atomic E-state index is 0.0318. The maximum atomic E-state index is 12.0. The molecule has 0 spiro atoms. The topological polar surface area (TPSA) is 72.7 Å². The Hall–Kier alpha value is -1.89. The van der Waals surface area contributed by atoms with Crippen molar-refractivity contribution >= 4 is 17.7 Å². The molecule has 0 saturated heterocycles. The molecule has 7 heteroatoms. The van der Waals surface area contributed by atoms with Gasteiger partial charge in [0, 0.05) is 6.04 Å². The second kappa shape index (κ2) is 6.70. The maximum absolute atomic E-state index is 12.0. The van der Waals surface area contributed by atoms with Crippen molar-refractivity contribution in [3.05, 3.63) is 29.3 Å². The Morgan fingerprint density at radius 1 is 1.35 bits per heavy atom. The van der Waals surface area contributed by atoms with Crippen LogP contribution in [0, 0.1) is 19.8 Å². The van der Waals surface area contributed by atoms with Gasteiger partial charge in [0.25, 0.3) is 0 Å². The van der Waals surface area contributed by atoms with Gasteiger partial charge in [-0.2, -0.15) is 4.68 Å². The Labute approximate surface area is 140 Å². The molecule has 1 N–H and O–H groups in total. The first-order chi connectivity index (χ1) is 11.0. The second-order valence-electron chi connectivity index (χ2n) is 6.20. The number of hydrogen-bond donors (Lipinski definition) is 1. The lowest BCUT2D eigenvalue weighted by atomic mass is 10.1. The van der Waals surface area contributed by atoms with Crippen molar-refractivity contribution < 1.29 is 4.79 Å². The first-order valence-electron chi connectivity index (χ1n) is 7.82. The molecule has 1 fully saturated rings. The molecule has 1 aliphatic rings. The average molecular weight is 331 g/mol. The second-order valence-corrected chi connectivity index (χ2v) is 7.14. The fourth-order valence-corrected chi connectivity index (χ4v) is 3.35. The predicted octanol–water partition coefficient (Wildman–Crippen LogP) is 2.29. The number of nitrogens with zero attached hydrogens (tertiary/aromatic N) is 4. The first-order valence-corrected chi connectivity index (χ1v) is 8.80. The summed E-state index contributed by atoms with van der Waals surface area (Å²) in [6, 6.07) is 6.43. The van der Waals surface area contributed by atoms with Gasteiger partial charge in [-0.25, -0.2) is 0 Å². The molecule has 0 unspecified atom stereocenters. The highest BCUT2D eigenvalue weighted by molar-refractivity contribution is 7.99. The molecule has 1 aromatic heterocycles. The zero-order valence-corrected chi connectivity index (χ0v) is 14.4. The van der Waals surface area contributed by atoms with E-state index in [-0.39, 0.29) is 11.9 Å². The highest BCUT2D eigenvalue weighted by atomic mass is 32.2. The molecular weight excluding hydrogens is 310 g/mol. The van der Waals surface area contributed by atoms with Gasteiger partial charge in [-0.05, 0) is 73.2 Å². The van der Waals surface area contributed by atoms with E-state index >= 15 is 0 Å². The van der Waals surface area contributed by atoms with Gasteiger partial charge < -0.3 is 5.32 Å². The van der Waals surface area contributed by atoms with Crippen LogP contribution in [0.2, 0.25) is 0 Å². The van der Waals surface area contributed by atoms with Crippen LogP contribution in [0.1, 0.15) is 30.9 Å². The number of nitrogens with one attached hydrogen (secondary N) is 1. The molecule has 0 aliphatic heterocycles. The van der Waals surface area contributed by atoms with Gasteiger partial charge in [-0.15, -0.1) is 5.10 Å². The number of aryl methyl sites for hydroxylation is 2. The van der Waals surface area contributed by atoms with E-state index in [0.29, 0.717) is 16.8 Å². The highest BCUT2D eigenvalue weighted by Gasteiger charge is 2.28. The summed E-state index contributed by atoms with van der Waals surface area (Å²) >= 11 is 1.36. The van der Waals surface area contributed by atoms with Gasteiger partial charge in [-0.3, -0.25) is 4.79 Å². The van der Waals surface area contributed by atoms with E-state index in [0.717, 1.165) is 16.8 Å². The Balaban J connectivity index is 1.65. The fourth-order valence-electron chi connectivity index (χ4n) is 2.64. The lowest BCUT2D eigenvalue weighted by Gasteiger charge is -2.12. The maximum Gasteiger partial charge on any atom is 0.230 e. The molecule has 1 heterocycles. The molecule has 1 aliphatic carbocycles. The summed E-state index contributed by atoms with van der Waals surface area (Å²) in [4.78, 5) is 12.0. The van der Waals surface area contributed by atoms with Crippen LogP contribution in [0.3, 0.4) is 0 Å². The Bertz CT molecular complexity index is 690. The van der Waals surface area contributed by atoms with Gasteiger partial charge in [0.2, 0.25) is 11.1 Å². The van der Waals surface area contributed by atoms with Gasteiger partial charge in [0.1, 0.15) is 0 Å². The molecule has 6 nitrogen and oxygen atoms in total. The number of rotatable bonds is 6. The Morgan fingerprint density at radius 2 is 2.04 bits per heavy atom. The van der Waals surface area contributed by atoms with Crippen LogP contribution < -0.4 is 5.32 Å². The van der Waals surface area contributed by atoms with E-state index in [1.54, 1.807) is 4.68 Å². The largest absolute Gasteiger partial charge is 0.353 e. The number of aromatic nitrogens is 4. The monoisotopic (exact) mass is 331 g/mol. The molecular formula is C16H21N5OS. The van der Waals surface area contributed by atoms with E-state index in [2.05, 4.69) is 33.8 Å². The van der Waals surface area contributed by atoms with Gasteiger partial charge >= 0.3 is 0 Å². The van der Waals surface area contributed by atoms with Crippen LogP contribution in [0.15, 0.2) is 23.4 Å². The van der Waals surface area contributed by atoms with E-state index in [9.17, 15) is 4.79 Å². The van der Waals surface area contributed by atoms with Crippen molar-refractivity contribution in [3.8, 4) is 5.69 Å². The quantitative estimate of drug-likeness (QED) is 0.822. The van der Waals surface area contributed by atoms with Crippen molar-refractivity contribution in [2.24, 2.45) is 5.92 Å². The van der Waals surface area contributed by atoms with Gasteiger partial charge in [0.05, 0.1) is 11.4 Å². The van der Waals surface area contributed by atoms with Gasteiger partial charge in [-0.1, -0.05) is 17.8 Å². The highest BCUT2D eigenvalue weighted by Crippen LogP contribution is 2.32. The number of hydrogen-bond acceptors (Lipinski definition) is 5. The van der Waals surface area contributed by atoms with Crippen LogP contribution >= 0.6 is 11.8 Å². The van der Waals surface area contributed by atoms with Crippen LogP contribution in [0.25, 0.3) is 5.69 Å². The zero-order valence-electron chi connectivity index (χ0n) is 13.6. The minimum Gasteiger partial charge on any atom is -0.353 e. The van der Waals surface area contributed by atoms with Crippen molar-refractivity contribution in [2.45, 2.75) is 44.8 Å². The van der Waals surface area contributed by atoms with Crippen molar-refractivity contribution in [3.63, 3.8) is 0 Å². The molecule has 2 aromatic rings. The third kappa shape index (κ3) is 4.10. The number of thioether (sulfide) groups is 1. The average Bonchev–Trinajstić information content (AvgIpc) is 3.23. The van der Waals surface area contributed by atoms with Crippen LogP contribution in [-0.4, -0.2) is 37.9 Å². The van der Waals surface area contributed by atoms with Gasteiger partial charge in [0.15, 0.2) is 0 Å².